The van der Waals surface area contributed by atoms with Crippen LogP contribution < -0.4 is 14.2 Å². The Morgan fingerprint density at radius 3 is 2.41 bits per heavy atom. The number of hydrogen-bond donors (Lipinski definition) is 2. The van der Waals surface area contributed by atoms with Gasteiger partial charge in [0.25, 0.3) is 10.0 Å². The molecule has 0 atom stereocenters. The fourth-order valence-corrected chi connectivity index (χ4v) is 3.21. The maximum atomic E-state index is 12.5. The molecule has 0 spiro atoms. The standard InChI is InChI=1S/C18H16N2O6S/c1-25-16-8-7-12(10-17(16)26-2)9-13(11-19)27(23,24)20-15-6-4-3-5-14(15)18(21)22/h3-10,20H,1-2H3,(H,21,22)/b13-9+. The van der Waals surface area contributed by atoms with Gasteiger partial charge >= 0.3 is 5.97 Å². The summed E-state index contributed by atoms with van der Waals surface area (Å²) >= 11 is 0. The number of carbonyl (C=O) groups is 1. The highest BCUT2D eigenvalue weighted by Crippen LogP contribution is 2.29. The third kappa shape index (κ3) is 4.56. The van der Waals surface area contributed by atoms with Crippen LogP contribution in [0.3, 0.4) is 0 Å². The molecule has 0 bridgehead atoms. The van der Waals surface area contributed by atoms with Crippen molar-refractivity contribution in [3.63, 3.8) is 0 Å². The normalized spacial score (nSPS) is 11.4. The number of ether oxygens (including phenoxy) is 2. The van der Waals surface area contributed by atoms with Crippen molar-refractivity contribution in [3.8, 4) is 17.6 Å². The molecular weight excluding hydrogens is 372 g/mol. The van der Waals surface area contributed by atoms with Crippen molar-refractivity contribution in [1.29, 1.82) is 5.26 Å². The summed E-state index contributed by atoms with van der Waals surface area (Å²) in [4.78, 5) is 10.6. The number of anilines is 1. The van der Waals surface area contributed by atoms with E-state index in [1.165, 1.54) is 44.6 Å². The second-order valence-electron chi connectivity index (χ2n) is 5.19. The molecule has 140 valence electrons. The Labute approximate surface area is 156 Å². The van der Waals surface area contributed by atoms with Gasteiger partial charge in [-0.1, -0.05) is 18.2 Å². The van der Waals surface area contributed by atoms with E-state index >= 15 is 0 Å². The van der Waals surface area contributed by atoms with E-state index in [1.54, 1.807) is 18.2 Å². The number of carboxylic acids is 1. The number of sulfonamides is 1. The summed E-state index contributed by atoms with van der Waals surface area (Å²) in [6, 6.07) is 11.7. The Morgan fingerprint density at radius 1 is 1.15 bits per heavy atom. The number of allylic oxidation sites excluding steroid dienone is 1. The molecule has 0 aromatic heterocycles. The lowest BCUT2D eigenvalue weighted by Crippen LogP contribution is -2.16. The van der Waals surface area contributed by atoms with Gasteiger partial charge in [0, 0.05) is 0 Å². The molecule has 0 saturated carbocycles. The van der Waals surface area contributed by atoms with Gasteiger partial charge in [-0.05, 0) is 35.9 Å². The fourth-order valence-electron chi connectivity index (χ4n) is 2.22. The van der Waals surface area contributed by atoms with Crippen molar-refractivity contribution in [2.45, 2.75) is 0 Å². The minimum atomic E-state index is -4.30. The molecule has 9 heteroatoms. The molecule has 0 heterocycles. The van der Waals surface area contributed by atoms with Gasteiger partial charge in [-0.2, -0.15) is 5.26 Å². The maximum Gasteiger partial charge on any atom is 0.337 e. The number of carboxylic acid groups (broad SMARTS) is 1. The van der Waals surface area contributed by atoms with Crippen LogP contribution in [0.25, 0.3) is 6.08 Å². The van der Waals surface area contributed by atoms with Crippen molar-refractivity contribution in [1.82, 2.24) is 0 Å². The van der Waals surface area contributed by atoms with Gasteiger partial charge < -0.3 is 14.6 Å². The zero-order chi connectivity index (χ0) is 20.0. The minimum absolute atomic E-state index is 0.140. The van der Waals surface area contributed by atoms with E-state index in [0.717, 1.165) is 6.08 Å². The SMILES string of the molecule is COc1ccc(/C=C(\C#N)S(=O)(=O)Nc2ccccc2C(=O)O)cc1OC. The summed E-state index contributed by atoms with van der Waals surface area (Å²) in [5.74, 6) is -0.481. The van der Waals surface area contributed by atoms with Crippen LogP contribution in [0.2, 0.25) is 0 Å². The van der Waals surface area contributed by atoms with E-state index in [9.17, 15) is 18.5 Å². The fraction of sp³-hybridized carbons (Fsp3) is 0.111. The zero-order valence-corrected chi connectivity index (χ0v) is 15.3. The van der Waals surface area contributed by atoms with Crippen molar-refractivity contribution in [3.05, 3.63) is 58.5 Å². The van der Waals surface area contributed by atoms with E-state index in [1.807, 2.05) is 0 Å². The number of rotatable bonds is 7. The topological polar surface area (TPSA) is 126 Å². The highest BCUT2D eigenvalue weighted by molar-refractivity contribution is 7.97. The van der Waals surface area contributed by atoms with E-state index in [4.69, 9.17) is 14.6 Å². The number of benzene rings is 2. The number of methoxy groups -OCH3 is 2. The number of nitrogens with one attached hydrogen (secondary N) is 1. The molecule has 2 aromatic carbocycles. The van der Waals surface area contributed by atoms with E-state index < -0.39 is 20.9 Å². The number of para-hydroxylation sites is 1. The molecule has 0 saturated heterocycles. The van der Waals surface area contributed by atoms with Gasteiger partial charge in [-0.25, -0.2) is 13.2 Å². The zero-order valence-electron chi connectivity index (χ0n) is 14.5. The molecule has 2 aromatic rings. The molecular formula is C18H16N2O6S. The summed E-state index contributed by atoms with van der Waals surface area (Å²) < 4.78 is 37.5. The van der Waals surface area contributed by atoms with Gasteiger partial charge in [0.05, 0.1) is 25.5 Å². The highest BCUT2D eigenvalue weighted by atomic mass is 32.2. The van der Waals surface area contributed by atoms with Gasteiger partial charge in [-0.15, -0.1) is 0 Å². The average Bonchev–Trinajstić information content (AvgIpc) is 2.65. The van der Waals surface area contributed by atoms with Crippen LogP contribution in [0.1, 0.15) is 15.9 Å². The molecule has 0 aliphatic carbocycles. The first-order valence-corrected chi connectivity index (χ1v) is 8.99. The van der Waals surface area contributed by atoms with Crippen LogP contribution >= 0.6 is 0 Å². The van der Waals surface area contributed by atoms with Crippen LogP contribution in [-0.2, 0) is 10.0 Å². The smallest absolute Gasteiger partial charge is 0.337 e. The summed E-state index contributed by atoms with van der Waals surface area (Å²) in [6.45, 7) is 0. The van der Waals surface area contributed by atoms with Crippen molar-refractivity contribution >= 4 is 27.8 Å². The van der Waals surface area contributed by atoms with Crippen LogP contribution in [0.4, 0.5) is 5.69 Å². The lowest BCUT2D eigenvalue weighted by molar-refractivity contribution is 0.0698. The first-order valence-electron chi connectivity index (χ1n) is 7.51. The van der Waals surface area contributed by atoms with E-state index in [2.05, 4.69) is 4.72 Å². The maximum absolute atomic E-state index is 12.5. The predicted molar refractivity (Wildman–Crippen MR) is 99.1 cm³/mol. The second kappa shape index (κ2) is 8.25. The Bertz CT molecular complexity index is 1040. The van der Waals surface area contributed by atoms with Crippen LogP contribution in [0, 0.1) is 11.3 Å². The minimum Gasteiger partial charge on any atom is -0.493 e. The molecule has 0 unspecified atom stereocenters. The first-order chi connectivity index (χ1) is 12.8. The van der Waals surface area contributed by atoms with Gasteiger partial charge in [0.2, 0.25) is 0 Å². The molecule has 27 heavy (non-hydrogen) atoms. The largest absolute Gasteiger partial charge is 0.493 e. The summed E-state index contributed by atoms with van der Waals surface area (Å²) in [6.07, 6.45) is 1.15. The lowest BCUT2D eigenvalue weighted by Gasteiger charge is -2.10. The van der Waals surface area contributed by atoms with E-state index in [0.29, 0.717) is 17.1 Å². The monoisotopic (exact) mass is 388 g/mol. The number of hydrogen-bond acceptors (Lipinski definition) is 6. The third-order valence-corrected chi connectivity index (χ3v) is 4.78. The highest BCUT2D eigenvalue weighted by Gasteiger charge is 2.21. The molecule has 8 nitrogen and oxygen atoms in total. The molecule has 0 radical (unpaired) electrons. The van der Waals surface area contributed by atoms with Gasteiger partial charge in [0.1, 0.15) is 6.07 Å². The predicted octanol–water partition coefficient (Wildman–Crippen LogP) is 2.71. The molecule has 0 aliphatic heterocycles. The first kappa shape index (κ1) is 19.8. The second-order valence-corrected chi connectivity index (χ2v) is 6.84. The Morgan fingerprint density at radius 2 is 1.81 bits per heavy atom. The number of nitrogens with zero attached hydrogens (tertiary/aromatic N) is 1. The third-order valence-electron chi connectivity index (χ3n) is 3.51. The molecule has 2 N–H and O–H groups in total. The summed E-state index contributed by atoms with van der Waals surface area (Å²) in [5, 5.41) is 18.5. The van der Waals surface area contributed by atoms with Gasteiger partial charge in [-0.3, -0.25) is 4.72 Å². The lowest BCUT2D eigenvalue weighted by atomic mass is 10.2. The summed E-state index contributed by atoms with van der Waals surface area (Å²) in [7, 11) is -1.41. The summed E-state index contributed by atoms with van der Waals surface area (Å²) in [5.41, 5.74) is 0.0176. The number of nitriles is 1. The van der Waals surface area contributed by atoms with Crippen molar-refractivity contribution in [2.24, 2.45) is 0 Å². The van der Waals surface area contributed by atoms with E-state index in [-0.39, 0.29) is 11.3 Å². The molecule has 0 amide bonds. The van der Waals surface area contributed by atoms with Gasteiger partial charge in [0.15, 0.2) is 16.4 Å². The Hall–Kier alpha value is -3.51. The molecule has 0 aliphatic rings. The molecule has 2 rings (SSSR count). The quantitative estimate of drug-likeness (QED) is 0.698. The van der Waals surface area contributed by atoms with Crippen molar-refractivity contribution in [2.75, 3.05) is 18.9 Å². The Balaban J connectivity index is 2.43. The van der Waals surface area contributed by atoms with Crippen LogP contribution in [-0.4, -0.2) is 33.7 Å². The molecule has 0 fully saturated rings. The Kier molecular flexibility index (Phi) is 6.05. The number of aromatic carboxylic acids is 1. The van der Waals surface area contributed by atoms with Crippen LogP contribution in [0.5, 0.6) is 11.5 Å². The average molecular weight is 388 g/mol. The van der Waals surface area contributed by atoms with Crippen molar-refractivity contribution < 1.29 is 27.8 Å². The van der Waals surface area contributed by atoms with Crippen LogP contribution in [0.15, 0.2) is 47.4 Å².